The first-order chi connectivity index (χ1) is 17.4. The van der Waals surface area contributed by atoms with E-state index in [4.69, 9.17) is 0 Å². The summed E-state index contributed by atoms with van der Waals surface area (Å²) in [5.41, 5.74) is 0. The number of halogens is 18. The van der Waals surface area contributed by atoms with Crippen LogP contribution in [0.3, 0.4) is 0 Å². The minimum absolute atomic E-state index is 1.64. The molecule has 0 radical (unpaired) electrons. The standard InChI is InChI=1S/3C5H2F6O2.Ga/c3*6-4(7,8)2(12)1-3(13)5(9,10)11;/h3*1,12H;/q;;;+3/p-3/b2*2-1-;;. The number of carbonyl (C=O) groups excluding carboxylic acids is 3. The van der Waals surface area contributed by atoms with E-state index >= 15 is 0 Å². The van der Waals surface area contributed by atoms with E-state index in [1.807, 2.05) is 0 Å². The van der Waals surface area contributed by atoms with Crippen molar-refractivity contribution in [1.82, 2.24) is 0 Å². The molecule has 25 heteroatoms. The van der Waals surface area contributed by atoms with Gasteiger partial charge < -0.3 is 0 Å². The Kier molecular flexibility index (Phi) is 11.3. The molecule has 0 aromatic heterocycles. The summed E-state index contributed by atoms with van der Waals surface area (Å²) in [5, 5.41) is 0. The summed E-state index contributed by atoms with van der Waals surface area (Å²) >= 11 is -7.11. The van der Waals surface area contributed by atoms with E-state index < -0.39 is 107 Å². The van der Waals surface area contributed by atoms with Crippen molar-refractivity contribution >= 4 is 34.7 Å². The van der Waals surface area contributed by atoms with Gasteiger partial charge in [-0.3, -0.25) is 0 Å². The van der Waals surface area contributed by atoms with Crippen LogP contribution in [0.1, 0.15) is 0 Å². The molecule has 0 aromatic carbocycles. The topological polar surface area (TPSA) is 78.9 Å². The number of allylic oxidation sites excluding steroid dienone is 6. The Balaban J connectivity index is 7.14. The van der Waals surface area contributed by atoms with E-state index in [1.54, 1.807) is 0 Å². The van der Waals surface area contributed by atoms with Gasteiger partial charge >= 0.3 is 211 Å². The molecule has 0 N–H and O–H groups in total. The van der Waals surface area contributed by atoms with Crippen molar-refractivity contribution in [2.24, 2.45) is 0 Å². The summed E-state index contributed by atoms with van der Waals surface area (Å²) < 4.78 is 238. The van der Waals surface area contributed by atoms with E-state index in [0.29, 0.717) is 0 Å². The van der Waals surface area contributed by atoms with Gasteiger partial charge in [-0.25, -0.2) is 0 Å². The molecular weight excluding hydrogens is 688 g/mol. The third kappa shape index (κ3) is 12.5. The second-order valence-electron chi connectivity index (χ2n) is 6.25. The molecule has 0 saturated heterocycles. The normalized spacial score (nSPS) is 15.0. The average molecular weight is 691 g/mol. The molecule has 0 atom stereocenters. The summed E-state index contributed by atoms with van der Waals surface area (Å²) in [6, 6.07) is 0. The van der Waals surface area contributed by atoms with Gasteiger partial charge in [0.1, 0.15) is 0 Å². The van der Waals surface area contributed by atoms with Crippen molar-refractivity contribution in [3.63, 3.8) is 0 Å². The molecule has 0 unspecified atom stereocenters. The molecule has 0 heterocycles. The fourth-order valence-electron chi connectivity index (χ4n) is 1.53. The molecule has 6 nitrogen and oxygen atoms in total. The van der Waals surface area contributed by atoms with Gasteiger partial charge in [-0.05, 0) is 0 Å². The van der Waals surface area contributed by atoms with E-state index in [1.165, 1.54) is 0 Å². The summed E-state index contributed by atoms with van der Waals surface area (Å²) in [7, 11) is 0. The number of hydrogen-bond acceptors (Lipinski definition) is 6. The Morgan fingerprint density at radius 2 is 0.550 bits per heavy atom. The van der Waals surface area contributed by atoms with E-state index in [0.717, 1.165) is 0 Å². The molecular formula is C15H3F18GaO6. The Morgan fingerprint density at radius 3 is 0.675 bits per heavy atom. The first-order valence-corrected chi connectivity index (χ1v) is 11.5. The van der Waals surface area contributed by atoms with Gasteiger partial charge in [0.15, 0.2) is 0 Å². The number of hydrogen-bond donors (Lipinski definition) is 0. The van der Waals surface area contributed by atoms with E-state index in [-0.39, 0.29) is 0 Å². The van der Waals surface area contributed by atoms with Gasteiger partial charge in [-0.1, -0.05) is 0 Å². The maximum absolute atomic E-state index is 13.0. The van der Waals surface area contributed by atoms with Gasteiger partial charge in [0.25, 0.3) is 0 Å². The van der Waals surface area contributed by atoms with E-state index in [2.05, 4.69) is 10.6 Å². The van der Waals surface area contributed by atoms with Crippen molar-refractivity contribution in [3.05, 3.63) is 35.5 Å². The van der Waals surface area contributed by atoms with Crippen LogP contribution in [0.15, 0.2) is 35.5 Å². The van der Waals surface area contributed by atoms with Gasteiger partial charge in [0, 0.05) is 0 Å². The Labute approximate surface area is 212 Å². The molecule has 0 aliphatic rings. The predicted octanol–water partition coefficient (Wildman–Crippen LogP) is 5.75. The monoisotopic (exact) mass is 690 g/mol. The molecule has 0 amide bonds. The molecule has 0 rings (SSSR count). The molecule has 0 saturated carbocycles. The molecule has 0 fully saturated rings. The van der Waals surface area contributed by atoms with Gasteiger partial charge in [-0.2, -0.15) is 0 Å². The summed E-state index contributed by atoms with van der Waals surface area (Å²) in [5.74, 6) is -21.0. The molecule has 0 aromatic rings. The van der Waals surface area contributed by atoms with Crippen molar-refractivity contribution in [3.8, 4) is 0 Å². The van der Waals surface area contributed by atoms with Gasteiger partial charge in [-0.15, -0.1) is 0 Å². The third-order valence-corrected chi connectivity index (χ3v) is 5.94. The van der Waals surface area contributed by atoms with Crippen molar-refractivity contribution in [1.29, 1.82) is 0 Å². The van der Waals surface area contributed by atoms with E-state index in [9.17, 15) is 93.4 Å². The van der Waals surface area contributed by atoms with Crippen LogP contribution < -0.4 is 0 Å². The second-order valence-corrected chi connectivity index (χ2v) is 8.94. The Morgan fingerprint density at radius 1 is 0.375 bits per heavy atom. The zero-order valence-corrected chi connectivity index (χ0v) is 20.0. The third-order valence-electron chi connectivity index (χ3n) is 3.13. The van der Waals surface area contributed by atoms with Crippen molar-refractivity contribution in [2.75, 3.05) is 0 Å². The molecule has 0 aliphatic carbocycles. The zero-order chi connectivity index (χ0) is 32.3. The Bertz CT molecular complexity index is 917. The van der Waals surface area contributed by atoms with Crippen LogP contribution in [0.4, 0.5) is 79.0 Å². The molecule has 228 valence electrons. The van der Waals surface area contributed by atoms with Crippen LogP contribution in [0.5, 0.6) is 0 Å². The fourth-order valence-corrected chi connectivity index (χ4v) is 4.41. The molecule has 40 heavy (non-hydrogen) atoms. The van der Waals surface area contributed by atoms with Crippen LogP contribution in [0, 0.1) is 0 Å². The van der Waals surface area contributed by atoms with Crippen LogP contribution >= 0.6 is 0 Å². The fraction of sp³-hybridized carbons (Fsp3) is 0.400. The SMILES string of the molecule is O=C(C=C([O][Ga]([O]/C(=C\C(=O)C(F)(F)F)C(F)(F)F)[O]/C(=C\C(=O)C(F)(F)F)C(F)(F)F)C(F)(F)F)C(F)(F)F. The predicted molar refractivity (Wildman–Crippen MR) is 84.6 cm³/mol. The zero-order valence-electron chi connectivity index (χ0n) is 17.6. The van der Waals surface area contributed by atoms with Crippen molar-refractivity contribution in [2.45, 2.75) is 37.1 Å². The maximum atomic E-state index is 13.0. The number of carbonyl (C=O) groups is 3. The number of ketones is 3. The number of rotatable bonds is 9. The van der Waals surface area contributed by atoms with Crippen molar-refractivity contribution < 1.29 is 104 Å². The second kappa shape index (κ2) is 12.3. The summed E-state index contributed by atoms with van der Waals surface area (Å²) in [4.78, 5) is 32.4. The molecule has 0 aliphatic heterocycles. The van der Waals surface area contributed by atoms with Crippen LogP contribution in [0.25, 0.3) is 0 Å². The van der Waals surface area contributed by atoms with Gasteiger partial charge in [0.05, 0.1) is 0 Å². The van der Waals surface area contributed by atoms with Crippen LogP contribution in [-0.4, -0.2) is 71.7 Å². The summed E-state index contributed by atoms with van der Waals surface area (Å²) in [6.45, 7) is 0. The first-order valence-electron chi connectivity index (χ1n) is 8.57. The first kappa shape index (κ1) is 37.0. The average Bonchev–Trinajstić information content (AvgIpc) is 2.67. The quantitative estimate of drug-likeness (QED) is 0.133. The molecule has 0 bridgehead atoms. The van der Waals surface area contributed by atoms with Crippen LogP contribution in [-0.2, 0) is 25.0 Å². The van der Waals surface area contributed by atoms with Crippen LogP contribution in [0.2, 0.25) is 0 Å². The molecule has 0 spiro atoms. The van der Waals surface area contributed by atoms with Gasteiger partial charge in [0.2, 0.25) is 0 Å². The number of alkyl halides is 18. The Hall–Kier alpha value is -2.99. The minimum atomic E-state index is -7.11. The summed E-state index contributed by atoms with van der Waals surface area (Å²) in [6.07, 6.45) is -42.9.